The van der Waals surface area contributed by atoms with E-state index in [1.807, 2.05) is 79.7 Å². The largest absolute Gasteiger partial charge is 0.507 e. The van der Waals surface area contributed by atoms with Crippen LogP contribution in [-0.2, 0) is 0 Å². The quantitative estimate of drug-likeness (QED) is 0.347. The molecule has 0 heterocycles. The molecule has 2 heteroatoms. The van der Waals surface area contributed by atoms with Crippen LogP contribution >= 0.6 is 0 Å². The predicted molar refractivity (Wildman–Crippen MR) is 120 cm³/mol. The summed E-state index contributed by atoms with van der Waals surface area (Å²) in [5.74, 6) is 0.506. The summed E-state index contributed by atoms with van der Waals surface area (Å²) in [6.45, 7) is 2.04. The van der Waals surface area contributed by atoms with Gasteiger partial charge in [0.05, 0.1) is 0 Å². The van der Waals surface area contributed by atoms with Crippen molar-refractivity contribution in [2.24, 2.45) is 0 Å². The normalized spacial score (nSPS) is 11.2. The molecule has 0 fully saturated rings. The number of aryl methyl sites for hydroxylation is 1. The van der Waals surface area contributed by atoms with Crippen molar-refractivity contribution in [2.45, 2.75) is 6.92 Å². The minimum Gasteiger partial charge on any atom is -0.507 e. The first-order valence-electron chi connectivity index (χ1n) is 9.66. The Kier molecular flexibility index (Phi) is 3.99. The van der Waals surface area contributed by atoms with Crippen molar-refractivity contribution in [1.82, 2.24) is 0 Å². The lowest BCUT2D eigenvalue weighted by Crippen LogP contribution is -1.90. The molecule has 0 unspecified atom stereocenters. The summed E-state index contributed by atoms with van der Waals surface area (Å²) in [7, 11) is 0. The smallest absolute Gasteiger partial charge is 0.124 e. The minimum atomic E-state index is 0.251. The van der Waals surface area contributed by atoms with Gasteiger partial charge in [-0.05, 0) is 63.4 Å². The number of hydrogen-bond acceptors (Lipinski definition) is 2. The van der Waals surface area contributed by atoms with E-state index in [2.05, 4.69) is 6.07 Å². The van der Waals surface area contributed by atoms with Crippen molar-refractivity contribution in [1.29, 1.82) is 0 Å². The molecule has 0 aliphatic rings. The number of rotatable bonds is 2. The van der Waals surface area contributed by atoms with Crippen LogP contribution in [-0.4, -0.2) is 10.2 Å². The van der Waals surface area contributed by atoms with Crippen LogP contribution in [0.4, 0.5) is 0 Å². The van der Waals surface area contributed by atoms with Gasteiger partial charge < -0.3 is 10.2 Å². The second-order valence-electron chi connectivity index (χ2n) is 7.39. The van der Waals surface area contributed by atoms with Crippen LogP contribution in [0.3, 0.4) is 0 Å². The Labute approximate surface area is 169 Å². The highest BCUT2D eigenvalue weighted by Gasteiger charge is 2.15. The molecule has 0 atom stereocenters. The van der Waals surface area contributed by atoms with Crippen molar-refractivity contribution in [3.63, 3.8) is 0 Å². The first-order chi connectivity index (χ1) is 14.1. The molecule has 0 aliphatic heterocycles. The van der Waals surface area contributed by atoms with Crippen molar-refractivity contribution < 1.29 is 10.2 Å². The van der Waals surface area contributed by atoms with Gasteiger partial charge in [0.2, 0.25) is 0 Å². The predicted octanol–water partition coefficient (Wildman–Crippen LogP) is 7.05. The van der Waals surface area contributed by atoms with E-state index >= 15 is 0 Å². The van der Waals surface area contributed by atoms with Gasteiger partial charge in [-0.15, -0.1) is 0 Å². The molecule has 0 spiro atoms. The third-order valence-corrected chi connectivity index (χ3v) is 5.61. The van der Waals surface area contributed by atoms with Crippen molar-refractivity contribution in [3.05, 3.63) is 96.6 Å². The lowest BCUT2D eigenvalue weighted by atomic mass is 9.90. The summed E-state index contributed by atoms with van der Waals surface area (Å²) in [6, 6.07) is 29.6. The summed E-state index contributed by atoms with van der Waals surface area (Å²) in [4.78, 5) is 0. The molecule has 0 bridgehead atoms. The zero-order valence-corrected chi connectivity index (χ0v) is 16.1. The standard InChI is InChI=1S/C27H20O2/c1-17-10-11-20(26-21-8-4-2-6-18(21)12-14-24(26)28)16-23(17)27-22-9-5-3-7-19(22)13-15-25(27)29/h2-16,28-29H,1H3. The molecule has 0 saturated carbocycles. The number of phenols is 2. The van der Waals surface area contributed by atoms with Crippen molar-refractivity contribution in [3.8, 4) is 33.8 Å². The maximum Gasteiger partial charge on any atom is 0.124 e. The minimum absolute atomic E-state index is 0.251. The molecule has 5 aromatic carbocycles. The van der Waals surface area contributed by atoms with E-state index in [9.17, 15) is 10.2 Å². The number of aromatic hydroxyl groups is 2. The molecule has 140 valence electrons. The van der Waals surface area contributed by atoms with E-state index in [0.717, 1.165) is 49.4 Å². The molecular weight excluding hydrogens is 356 g/mol. The van der Waals surface area contributed by atoms with Gasteiger partial charge >= 0.3 is 0 Å². The molecular formula is C27H20O2. The van der Waals surface area contributed by atoms with E-state index in [0.29, 0.717) is 0 Å². The monoisotopic (exact) mass is 376 g/mol. The molecule has 2 N–H and O–H groups in total. The fraction of sp³-hybridized carbons (Fsp3) is 0.0370. The first-order valence-corrected chi connectivity index (χ1v) is 9.66. The Bertz CT molecular complexity index is 1380. The van der Waals surface area contributed by atoms with E-state index < -0.39 is 0 Å². The first kappa shape index (κ1) is 17.3. The molecule has 29 heavy (non-hydrogen) atoms. The zero-order chi connectivity index (χ0) is 20.0. The third-order valence-electron chi connectivity index (χ3n) is 5.61. The van der Waals surface area contributed by atoms with Crippen LogP contribution in [0, 0.1) is 6.92 Å². The van der Waals surface area contributed by atoms with E-state index in [1.54, 1.807) is 12.1 Å². The van der Waals surface area contributed by atoms with Crippen LogP contribution in [0.2, 0.25) is 0 Å². The molecule has 2 nitrogen and oxygen atoms in total. The number of phenolic OH excluding ortho intramolecular Hbond substituents is 2. The van der Waals surface area contributed by atoms with Crippen LogP contribution in [0.15, 0.2) is 91.0 Å². The van der Waals surface area contributed by atoms with Gasteiger partial charge in [-0.25, -0.2) is 0 Å². The van der Waals surface area contributed by atoms with Gasteiger partial charge in [0.15, 0.2) is 0 Å². The van der Waals surface area contributed by atoms with Gasteiger partial charge in [-0.1, -0.05) is 72.8 Å². The van der Waals surface area contributed by atoms with Crippen molar-refractivity contribution >= 4 is 21.5 Å². The summed E-state index contributed by atoms with van der Waals surface area (Å²) < 4.78 is 0. The summed E-state index contributed by atoms with van der Waals surface area (Å²) in [5, 5.41) is 25.6. The highest BCUT2D eigenvalue weighted by atomic mass is 16.3. The Morgan fingerprint density at radius 3 is 1.76 bits per heavy atom. The second kappa shape index (κ2) is 6.68. The highest BCUT2D eigenvalue weighted by Crippen LogP contribution is 2.42. The number of hydrogen-bond donors (Lipinski definition) is 2. The average molecular weight is 376 g/mol. The van der Waals surface area contributed by atoms with E-state index in [4.69, 9.17) is 0 Å². The van der Waals surface area contributed by atoms with Gasteiger partial charge in [0.25, 0.3) is 0 Å². The molecule has 0 aromatic heterocycles. The lowest BCUT2D eigenvalue weighted by Gasteiger charge is -2.15. The van der Waals surface area contributed by atoms with Crippen LogP contribution in [0.1, 0.15) is 5.56 Å². The van der Waals surface area contributed by atoms with Gasteiger partial charge in [0, 0.05) is 11.1 Å². The number of fused-ring (bicyclic) bond motifs is 2. The van der Waals surface area contributed by atoms with E-state index in [1.165, 1.54) is 0 Å². The Morgan fingerprint density at radius 2 is 1.10 bits per heavy atom. The third kappa shape index (κ3) is 2.81. The molecule has 0 aliphatic carbocycles. The van der Waals surface area contributed by atoms with E-state index in [-0.39, 0.29) is 11.5 Å². The van der Waals surface area contributed by atoms with Crippen LogP contribution < -0.4 is 0 Å². The molecule has 5 rings (SSSR count). The Balaban J connectivity index is 1.82. The Morgan fingerprint density at radius 1 is 0.552 bits per heavy atom. The topological polar surface area (TPSA) is 40.5 Å². The molecule has 0 amide bonds. The fourth-order valence-electron chi connectivity index (χ4n) is 4.15. The maximum atomic E-state index is 10.7. The maximum absolute atomic E-state index is 10.7. The molecule has 5 aromatic rings. The van der Waals surface area contributed by atoms with Gasteiger partial charge in [-0.2, -0.15) is 0 Å². The fourth-order valence-corrected chi connectivity index (χ4v) is 4.15. The molecule has 0 saturated heterocycles. The lowest BCUT2D eigenvalue weighted by molar-refractivity contribution is 0.478. The SMILES string of the molecule is Cc1ccc(-c2c(O)ccc3ccccc23)cc1-c1c(O)ccc2ccccc12. The Hall–Kier alpha value is -3.78. The van der Waals surface area contributed by atoms with Crippen molar-refractivity contribution in [2.75, 3.05) is 0 Å². The van der Waals surface area contributed by atoms with Crippen LogP contribution in [0.25, 0.3) is 43.8 Å². The number of benzene rings is 5. The summed E-state index contributed by atoms with van der Waals surface area (Å²) in [6.07, 6.45) is 0. The van der Waals surface area contributed by atoms with Gasteiger partial charge in [-0.3, -0.25) is 0 Å². The molecule has 0 radical (unpaired) electrons. The summed E-state index contributed by atoms with van der Waals surface area (Å²) >= 11 is 0. The second-order valence-corrected chi connectivity index (χ2v) is 7.39. The summed E-state index contributed by atoms with van der Waals surface area (Å²) in [5.41, 5.74) is 4.59. The highest BCUT2D eigenvalue weighted by molar-refractivity contribution is 6.03. The average Bonchev–Trinajstić information content (AvgIpc) is 2.75. The van der Waals surface area contributed by atoms with Gasteiger partial charge in [0.1, 0.15) is 11.5 Å². The van der Waals surface area contributed by atoms with Crippen LogP contribution in [0.5, 0.6) is 11.5 Å². The zero-order valence-electron chi connectivity index (χ0n) is 16.1.